The zero-order valence-electron chi connectivity index (χ0n) is 10.8. The maximum Gasteiger partial charge on any atom is 0.102 e. The Kier molecular flexibility index (Phi) is 5.62. The minimum Gasteiger partial charge on any atom is -0.386 e. The summed E-state index contributed by atoms with van der Waals surface area (Å²) in [5.74, 6) is 0. The molecule has 0 amide bonds. The van der Waals surface area contributed by atoms with Crippen LogP contribution in [0.3, 0.4) is 0 Å². The number of aliphatic hydroxyl groups is 1. The third-order valence-corrected chi connectivity index (χ3v) is 2.86. The van der Waals surface area contributed by atoms with Gasteiger partial charge in [-0.25, -0.2) is 0 Å². The van der Waals surface area contributed by atoms with E-state index >= 15 is 0 Å². The van der Waals surface area contributed by atoms with E-state index in [-0.39, 0.29) is 5.60 Å². The molecule has 0 heterocycles. The molecule has 0 aliphatic carbocycles. The minimum absolute atomic E-state index is 0.169. The molecule has 0 fully saturated rings. The maximum atomic E-state index is 9.85. The van der Waals surface area contributed by atoms with Gasteiger partial charge in [0.2, 0.25) is 0 Å². The standard InChI is InChI=1S/C14H22O3/c1-14(2,16-3)9-10-17-11-13(15)12-7-5-4-6-8-12/h4-8,13,15H,9-11H2,1-3H3. The van der Waals surface area contributed by atoms with Gasteiger partial charge in [0.05, 0.1) is 12.2 Å². The van der Waals surface area contributed by atoms with E-state index in [2.05, 4.69) is 0 Å². The summed E-state index contributed by atoms with van der Waals surface area (Å²) in [6.07, 6.45) is 0.257. The van der Waals surface area contributed by atoms with Gasteiger partial charge in [0.25, 0.3) is 0 Å². The van der Waals surface area contributed by atoms with Crippen molar-refractivity contribution >= 4 is 0 Å². The van der Waals surface area contributed by atoms with Crippen molar-refractivity contribution in [2.75, 3.05) is 20.3 Å². The van der Waals surface area contributed by atoms with Crippen LogP contribution in [0.15, 0.2) is 30.3 Å². The van der Waals surface area contributed by atoms with Crippen molar-refractivity contribution in [1.29, 1.82) is 0 Å². The van der Waals surface area contributed by atoms with Crippen LogP contribution in [0.25, 0.3) is 0 Å². The van der Waals surface area contributed by atoms with Crippen molar-refractivity contribution in [3.05, 3.63) is 35.9 Å². The molecule has 0 aromatic heterocycles. The molecule has 0 aliphatic rings. The maximum absolute atomic E-state index is 9.85. The molecule has 1 rings (SSSR count). The Labute approximate surface area is 103 Å². The van der Waals surface area contributed by atoms with Crippen molar-refractivity contribution in [2.24, 2.45) is 0 Å². The first-order valence-corrected chi connectivity index (χ1v) is 5.91. The number of hydrogen-bond donors (Lipinski definition) is 1. The Hall–Kier alpha value is -0.900. The Morgan fingerprint density at radius 2 is 1.88 bits per heavy atom. The summed E-state index contributed by atoms with van der Waals surface area (Å²) in [6.45, 7) is 4.95. The fourth-order valence-electron chi connectivity index (χ4n) is 1.39. The van der Waals surface area contributed by atoms with Crippen LogP contribution in [0.4, 0.5) is 0 Å². The number of rotatable bonds is 7. The molecule has 3 heteroatoms. The van der Waals surface area contributed by atoms with Crippen LogP contribution in [0.1, 0.15) is 31.9 Å². The van der Waals surface area contributed by atoms with E-state index in [0.717, 1.165) is 12.0 Å². The summed E-state index contributed by atoms with van der Waals surface area (Å²) in [5.41, 5.74) is 0.719. The second-order valence-electron chi connectivity index (χ2n) is 4.72. The highest BCUT2D eigenvalue weighted by atomic mass is 16.5. The highest BCUT2D eigenvalue weighted by Gasteiger charge is 2.16. The molecule has 0 spiro atoms. The van der Waals surface area contributed by atoms with Crippen LogP contribution in [0.2, 0.25) is 0 Å². The molecule has 17 heavy (non-hydrogen) atoms. The molecule has 1 atom stereocenters. The molecule has 1 N–H and O–H groups in total. The summed E-state index contributed by atoms with van der Waals surface area (Å²) < 4.78 is 10.7. The van der Waals surface area contributed by atoms with Crippen molar-refractivity contribution in [3.63, 3.8) is 0 Å². The number of ether oxygens (including phenoxy) is 2. The summed E-state index contributed by atoms with van der Waals surface area (Å²) in [4.78, 5) is 0. The van der Waals surface area contributed by atoms with Gasteiger partial charge in [-0.1, -0.05) is 30.3 Å². The smallest absolute Gasteiger partial charge is 0.102 e. The Bertz CT molecular complexity index is 309. The topological polar surface area (TPSA) is 38.7 Å². The van der Waals surface area contributed by atoms with Crippen molar-refractivity contribution in [3.8, 4) is 0 Å². The van der Waals surface area contributed by atoms with Gasteiger partial charge in [0, 0.05) is 13.7 Å². The van der Waals surface area contributed by atoms with Gasteiger partial charge in [0.15, 0.2) is 0 Å². The zero-order valence-corrected chi connectivity index (χ0v) is 10.8. The first kappa shape index (κ1) is 14.2. The molecule has 0 saturated heterocycles. The van der Waals surface area contributed by atoms with Crippen LogP contribution >= 0.6 is 0 Å². The molecule has 1 aromatic rings. The van der Waals surface area contributed by atoms with E-state index in [0.29, 0.717) is 13.2 Å². The molecule has 3 nitrogen and oxygen atoms in total. The first-order chi connectivity index (χ1) is 8.05. The van der Waals surface area contributed by atoms with Crippen LogP contribution in [-0.2, 0) is 9.47 Å². The normalized spacial score (nSPS) is 13.6. The van der Waals surface area contributed by atoms with Crippen LogP contribution in [0.5, 0.6) is 0 Å². The quantitative estimate of drug-likeness (QED) is 0.742. The highest BCUT2D eigenvalue weighted by Crippen LogP contribution is 2.15. The molecule has 0 saturated carbocycles. The van der Waals surface area contributed by atoms with E-state index in [1.165, 1.54) is 0 Å². The van der Waals surface area contributed by atoms with Crippen molar-refractivity contribution in [2.45, 2.75) is 32.0 Å². The summed E-state index contributed by atoms with van der Waals surface area (Å²) >= 11 is 0. The van der Waals surface area contributed by atoms with E-state index in [9.17, 15) is 5.11 Å². The van der Waals surface area contributed by atoms with Gasteiger partial charge in [-0.15, -0.1) is 0 Å². The lowest BCUT2D eigenvalue weighted by Gasteiger charge is -2.22. The van der Waals surface area contributed by atoms with Crippen molar-refractivity contribution in [1.82, 2.24) is 0 Å². The van der Waals surface area contributed by atoms with Gasteiger partial charge < -0.3 is 14.6 Å². The van der Waals surface area contributed by atoms with Crippen LogP contribution < -0.4 is 0 Å². The number of aliphatic hydroxyl groups excluding tert-OH is 1. The van der Waals surface area contributed by atoms with Crippen LogP contribution in [-0.4, -0.2) is 31.0 Å². The minimum atomic E-state index is -0.554. The number of methoxy groups -OCH3 is 1. The molecular formula is C14H22O3. The average molecular weight is 238 g/mol. The third-order valence-electron chi connectivity index (χ3n) is 2.86. The van der Waals surface area contributed by atoms with Gasteiger partial charge in [0.1, 0.15) is 6.10 Å². The lowest BCUT2D eigenvalue weighted by Crippen LogP contribution is -2.25. The van der Waals surface area contributed by atoms with Gasteiger partial charge in [-0.05, 0) is 25.8 Å². The lowest BCUT2D eigenvalue weighted by atomic mass is 10.1. The number of hydrogen-bond acceptors (Lipinski definition) is 3. The van der Waals surface area contributed by atoms with E-state index in [4.69, 9.17) is 9.47 Å². The van der Waals surface area contributed by atoms with Crippen molar-refractivity contribution < 1.29 is 14.6 Å². The Morgan fingerprint density at radius 1 is 1.24 bits per heavy atom. The summed E-state index contributed by atoms with van der Waals surface area (Å²) in [5, 5.41) is 9.85. The Balaban J connectivity index is 2.24. The largest absolute Gasteiger partial charge is 0.386 e. The van der Waals surface area contributed by atoms with Gasteiger partial charge >= 0.3 is 0 Å². The summed E-state index contributed by atoms with van der Waals surface area (Å²) in [7, 11) is 1.69. The molecule has 96 valence electrons. The Morgan fingerprint density at radius 3 is 2.47 bits per heavy atom. The SMILES string of the molecule is COC(C)(C)CCOCC(O)c1ccccc1. The van der Waals surface area contributed by atoms with E-state index < -0.39 is 6.10 Å². The van der Waals surface area contributed by atoms with Crippen LogP contribution in [0, 0.1) is 0 Å². The molecule has 0 radical (unpaired) electrons. The summed E-state index contributed by atoms with van der Waals surface area (Å²) in [6, 6.07) is 9.54. The predicted molar refractivity (Wildman–Crippen MR) is 67.9 cm³/mol. The zero-order chi connectivity index (χ0) is 12.7. The molecular weight excluding hydrogens is 216 g/mol. The molecule has 0 aliphatic heterocycles. The molecule has 0 bridgehead atoms. The highest BCUT2D eigenvalue weighted by molar-refractivity contribution is 5.17. The van der Waals surface area contributed by atoms with Gasteiger partial charge in [-0.2, -0.15) is 0 Å². The van der Waals surface area contributed by atoms with E-state index in [1.807, 2.05) is 44.2 Å². The lowest BCUT2D eigenvalue weighted by molar-refractivity contribution is -0.0249. The first-order valence-electron chi connectivity index (χ1n) is 5.91. The second-order valence-corrected chi connectivity index (χ2v) is 4.72. The van der Waals surface area contributed by atoms with Gasteiger partial charge in [-0.3, -0.25) is 0 Å². The molecule has 1 aromatic carbocycles. The fourth-order valence-corrected chi connectivity index (χ4v) is 1.39. The predicted octanol–water partition coefficient (Wildman–Crippen LogP) is 2.55. The average Bonchev–Trinajstić information content (AvgIpc) is 2.35. The van der Waals surface area contributed by atoms with E-state index in [1.54, 1.807) is 7.11 Å². The molecule has 1 unspecified atom stereocenters. The monoisotopic (exact) mass is 238 g/mol. The fraction of sp³-hybridized carbons (Fsp3) is 0.571. The number of benzene rings is 1. The second kappa shape index (κ2) is 6.74. The third kappa shape index (κ3) is 5.31.